The standard InChI is InChI=1S/C18H30N2O3/c1-5-23-17-12-15(6-7-16(17)21-4)13-19-14-18(2,3)20-8-10-22-11-9-20/h6-7,12,19H,5,8-11,13-14H2,1-4H3. The van der Waals surface area contributed by atoms with Crippen molar-refractivity contribution in [3.05, 3.63) is 23.8 Å². The van der Waals surface area contributed by atoms with Crippen LogP contribution >= 0.6 is 0 Å². The van der Waals surface area contributed by atoms with Gasteiger partial charge in [-0.1, -0.05) is 6.07 Å². The summed E-state index contributed by atoms with van der Waals surface area (Å²) in [5.41, 5.74) is 1.32. The first-order valence-corrected chi connectivity index (χ1v) is 8.40. The summed E-state index contributed by atoms with van der Waals surface area (Å²) in [5, 5.41) is 3.57. The third-order valence-electron chi connectivity index (χ3n) is 4.28. The second-order valence-corrected chi connectivity index (χ2v) is 6.43. The fourth-order valence-corrected chi connectivity index (χ4v) is 2.89. The van der Waals surface area contributed by atoms with E-state index in [-0.39, 0.29) is 5.54 Å². The van der Waals surface area contributed by atoms with Crippen LogP contribution < -0.4 is 14.8 Å². The zero-order chi connectivity index (χ0) is 16.7. The Bertz CT molecular complexity index is 485. The molecule has 1 aliphatic heterocycles. The minimum Gasteiger partial charge on any atom is -0.493 e. The molecule has 2 rings (SSSR count). The number of rotatable bonds is 8. The molecule has 1 saturated heterocycles. The lowest BCUT2D eigenvalue weighted by Crippen LogP contribution is -2.54. The first kappa shape index (κ1) is 18.0. The lowest BCUT2D eigenvalue weighted by molar-refractivity contribution is -0.00967. The predicted octanol–water partition coefficient (Wildman–Crippen LogP) is 2.29. The van der Waals surface area contributed by atoms with Gasteiger partial charge in [-0.15, -0.1) is 0 Å². The fraction of sp³-hybridized carbons (Fsp3) is 0.667. The molecule has 1 aliphatic rings. The van der Waals surface area contributed by atoms with Crippen molar-refractivity contribution >= 4 is 0 Å². The third-order valence-corrected chi connectivity index (χ3v) is 4.28. The van der Waals surface area contributed by atoms with Crippen molar-refractivity contribution in [3.8, 4) is 11.5 Å². The number of methoxy groups -OCH3 is 1. The Labute approximate surface area is 139 Å². The number of morpholine rings is 1. The summed E-state index contributed by atoms with van der Waals surface area (Å²) in [6, 6.07) is 6.10. The third kappa shape index (κ3) is 5.09. The largest absolute Gasteiger partial charge is 0.493 e. The van der Waals surface area contributed by atoms with Crippen LogP contribution in [0.1, 0.15) is 26.3 Å². The molecule has 5 heteroatoms. The maximum Gasteiger partial charge on any atom is 0.161 e. The van der Waals surface area contributed by atoms with Crippen LogP contribution in [-0.4, -0.2) is 57.0 Å². The monoisotopic (exact) mass is 322 g/mol. The lowest BCUT2D eigenvalue weighted by atomic mass is 10.0. The molecule has 0 saturated carbocycles. The van der Waals surface area contributed by atoms with Gasteiger partial charge in [-0.25, -0.2) is 0 Å². The van der Waals surface area contributed by atoms with Crippen LogP contribution in [0.5, 0.6) is 11.5 Å². The van der Waals surface area contributed by atoms with Crippen molar-refractivity contribution in [1.29, 1.82) is 0 Å². The molecule has 1 heterocycles. The average Bonchev–Trinajstić information content (AvgIpc) is 2.56. The van der Waals surface area contributed by atoms with Crippen LogP contribution in [-0.2, 0) is 11.3 Å². The molecule has 130 valence electrons. The van der Waals surface area contributed by atoms with Crippen molar-refractivity contribution in [2.45, 2.75) is 32.9 Å². The number of ether oxygens (including phenoxy) is 3. The van der Waals surface area contributed by atoms with E-state index in [0.29, 0.717) is 6.61 Å². The van der Waals surface area contributed by atoms with Crippen LogP contribution in [0.15, 0.2) is 18.2 Å². The molecule has 1 fully saturated rings. The fourth-order valence-electron chi connectivity index (χ4n) is 2.89. The molecular formula is C18H30N2O3. The van der Waals surface area contributed by atoms with Gasteiger partial charge < -0.3 is 19.5 Å². The van der Waals surface area contributed by atoms with Gasteiger partial charge in [0, 0.05) is 31.7 Å². The van der Waals surface area contributed by atoms with E-state index in [1.54, 1.807) is 7.11 Å². The Hall–Kier alpha value is -1.30. The highest BCUT2D eigenvalue weighted by atomic mass is 16.5. The molecule has 5 nitrogen and oxygen atoms in total. The number of hydrogen-bond donors (Lipinski definition) is 1. The van der Waals surface area contributed by atoms with Crippen molar-refractivity contribution in [2.24, 2.45) is 0 Å². The maximum atomic E-state index is 5.64. The van der Waals surface area contributed by atoms with Gasteiger partial charge in [-0.05, 0) is 38.5 Å². The molecule has 0 spiro atoms. The SMILES string of the molecule is CCOc1cc(CNCC(C)(C)N2CCOCC2)ccc1OC. The Morgan fingerprint density at radius 1 is 1.22 bits per heavy atom. The summed E-state index contributed by atoms with van der Waals surface area (Å²) >= 11 is 0. The predicted molar refractivity (Wildman–Crippen MR) is 92.3 cm³/mol. The highest BCUT2D eigenvalue weighted by Gasteiger charge is 2.27. The van der Waals surface area contributed by atoms with Crippen molar-refractivity contribution in [2.75, 3.05) is 46.6 Å². The van der Waals surface area contributed by atoms with Gasteiger partial charge in [-0.2, -0.15) is 0 Å². The molecule has 1 N–H and O–H groups in total. The number of nitrogens with one attached hydrogen (secondary N) is 1. The normalized spacial score (nSPS) is 16.3. The van der Waals surface area contributed by atoms with Crippen LogP contribution in [0.25, 0.3) is 0 Å². The van der Waals surface area contributed by atoms with Crippen LogP contribution in [0.3, 0.4) is 0 Å². The zero-order valence-corrected chi connectivity index (χ0v) is 14.9. The van der Waals surface area contributed by atoms with Crippen LogP contribution in [0, 0.1) is 0 Å². The molecule has 0 aromatic heterocycles. The molecule has 0 unspecified atom stereocenters. The number of nitrogens with zero attached hydrogens (tertiary/aromatic N) is 1. The van der Waals surface area contributed by atoms with E-state index in [1.807, 2.05) is 13.0 Å². The minimum absolute atomic E-state index is 0.124. The van der Waals surface area contributed by atoms with E-state index < -0.39 is 0 Å². The van der Waals surface area contributed by atoms with Gasteiger partial charge in [0.05, 0.1) is 26.9 Å². The second-order valence-electron chi connectivity index (χ2n) is 6.43. The van der Waals surface area contributed by atoms with E-state index in [9.17, 15) is 0 Å². The molecule has 0 amide bonds. The van der Waals surface area contributed by atoms with E-state index in [1.165, 1.54) is 5.56 Å². The first-order valence-electron chi connectivity index (χ1n) is 8.40. The Morgan fingerprint density at radius 2 is 1.96 bits per heavy atom. The van der Waals surface area contributed by atoms with Gasteiger partial charge >= 0.3 is 0 Å². The van der Waals surface area contributed by atoms with Crippen molar-refractivity contribution in [1.82, 2.24) is 10.2 Å². The topological polar surface area (TPSA) is 43.0 Å². The van der Waals surface area contributed by atoms with Gasteiger partial charge in [0.15, 0.2) is 11.5 Å². The van der Waals surface area contributed by atoms with E-state index in [0.717, 1.165) is 50.9 Å². The maximum absolute atomic E-state index is 5.64. The zero-order valence-electron chi connectivity index (χ0n) is 14.9. The average molecular weight is 322 g/mol. The molecule has 0 radical (unpaired) electrons. The van der Waals surface area contributed by atoms with Crippen molar-refractivity contribution in [3.63, 3.8) is 0 Å². The summed E-state index contributed by atoms with van der Waals surface area (Å²) in [4.78, 5) is 2.49. The molecule has 1 aromatic rings. The van der Waals surface area contributed by atoms with E-state index in [4.69, 9.17) is 14.2 Å². The minimum atomic E-state index is 0.124. The summed E-state index contributed by atoms with van der Waals surface area (Å²) in [7, 11) is 1.67. The molecule has 23 heavy (non-hydrogen) atoms. The van der Waals surface area contributed by atoms with Gasteiger partial charge in [0.1, 0.15) is 0 Å². The summed E-state index contributed by atoms with van der Waals surface area (Å²) in [6.07, 6.45) is 0. The Kier molecular flexibility index (Phi) is 6.69. The van der Waals surface area contributed by atoms with Gasteiger partial charge in [0.2, 0.25) is 0 Å². The Balaban J connectivity index is 1.88. The molecule has 1 aromatic carbocycles. The highest BCUT2D eigenvalue weighted by molar-refractivity contribution is 5.42. The second kappa shape index (κ2) is 8.52. The van der Waals surface area contributed by atoms with Crippen LogP contribution in [0.4, 0.5) is 0 Å². The van der Waals surface area contributed by atoms with Gasteiger partial charge in [-0.3, -0.25) is 4.90 Å². The quantitative estimate of drug-likeness (QED) is 0.795. The summed E-state index contributed by atoms with van der Waals surface area (Å²) < 4.78 is 16.4. The summed E-state index contributed by atoms with van der Waals surface area (Å²) in [6.45, 7) is 12.6. The molecule has 0 atom stereocenters. The van der Waals surface area contributed by atoms with Crippen molar-refractivity contribution < 1.29 is 14.2 Å². The first-order chi connectivity index (χ1) is 11.1. The van der Waals surface area contributed by atoms with Crippen LogP contribution in [0.2, 0.25) is 0 Å². The van der Waals surface area contributed by atoms with Gasteiger partial charge in [0.25, 0.3) is 0 Å². The smallest absolute Gasteiger partial charge is 0.161 e. The molecule has 0 aliphatic carbocycles. The van der Waals surface area contributed by atoms with E-state index in [2.05, 4.69) is 36.2 Å². The lowest BCUT2D eigenvalue weighted by Gasteiger charge is -2.41. The molecular weight excluding hydrogens is 292 g/mol. The number of benzene rings is 1. The Morgan fingerprint density at radius 3 is 2.61 bits per heavy atom. The number of hydrogen-bond acceptors (Lipinski definition) is 5. The molecule has 0 bridgehead atoms. The summed E-state index contributed by atoms with van der Waals surface area (Å²) in [5.74, 6) is 1.59. The highest BCUT2D eigenvalue weighted by Crippen LogP contribution is 2.28. The van der Waals surface area contributed by atoms with E-state index >= 15 is 0 Å².